The van der Waals surface area contributed by atoms with Crippen LogP contribution in [-0.4, -0.2) is 61.8 Å². The molecule has 4 rings (SSSR count). The van der Waals surface area contributed by atoms with Gasteiger partial charge in [0.1, 0.15) is 23.4 Å². The number of nitrogens with one attached hydrogen (secondary N) is 1. The maximum atomic E-state index is 12.4. The van der Waals surface area contributed by atoms with Gasteiger partial charge in [0, 0.05) is 13.2 Å². The van der Waals surface area contributed by atoms with Crippen LogP contribution in [0, 0.1) is 5.92 Å². The summed E-state index contributed by atoms with van der Waals surface area (Å²) in [6, 6.07) is 0.475. The fourth-order valence-corrected chi connectivity index (χ4v) is 5.12. The van der Waals surface area contributed by atoms with Gasteiger partial charge in [-0.2, -0.15) is 0 Å². The summed E-state index contributed by atoms with van der Waals surface area (Å²) in [6.07, 6.45) is 8.07. The van der Waals surface area contributed by atoms with Crippen molar-refractivity contribution >= 4 is 5.97 Å². The molecule has 1 spiro atoms. The Bertz CT molecular complexity index is 622. The van der Waals surface area contributed by atoms with E-state index < -0.39 is 0 Å². The lowest BCUT2D eigenvalue weighted by molar-refractivity contribution is -0.171. The third-order valence-electron chi connectivity index (χ3n) is 7.16. The molecule has 0 amide bonds. The Morgan fingerprint density at radius 2 is 2.04 bits per heavy atom. The molecule has 6 atom stereocenters. The molecule has 0 aromatic rings. The molecule has 28 heavy (non-hydrogen) atoms. The molecule has 2 heterocycles. The van der Waals surface area contributed by atoms with Gasteiger partial charge in [-0.3, -0.25) is 4.79 Å². The molecule has 4 fully saturated rings. The van der Waals surface area contributed by atoms with Crippen LogP contribution in [0.4, 0.5) is 0 Å². The Balaban J connectivity index is 1.41. The van der Waals surface area contributed by atoms with Crippen LogP contribution in [0.5, 0.6) is 0 Å². The second-order valence-corrected chi connectivity index (χ2v) is 9.41. The average molecular weight is 394 g/mol. The first kappa shape index (κ1) is 20.3. The third-order valence-corrected chi connectivity index (χ3v) is 7.16. The Morgan fingerprint density at radius 1 is 1.29 bits per heavy atom. The molecule has 2 saturated heterocycles. The maximum absolute atomic E-state index is 12.4. The highest BCUT2D eigenvalue weighted by molar-refractivity contribution is 5.72. The van der Waals surface area contributed by atoms with Crippen LogP contribution in [0.2, 0.25) is 0 Å². The topological polar surface area (TPSA) is 72.6 Å². The smallest absolute Gasteiger partial charge is 0.320 e. The zero-order chi connectivity index (χ0) is 19.9. The Morgan fingerprint density at radius 3 is 2.61 bits per heavy atom. The number of carbonyl (C=O) groups excluding carboxylic acids is 1. The monoisotopic (exact) mass is 393 g/mol. The molecule has 0 aromatic heterocycles. The van der Waals surface area contributed by atoms with E-state index in [2.05, 4.69) is 32.2 Å². The summed E-state index contributed by atoms with van der Waals surface area (Å²) in [7, 11) is 1.71. The van der Waals surface area contributed by atoms with Gasteiger partial charge in [-0.15, -0.1) is 0 Å². The van der Waals surface area contributed by atoms with E-state index in [-0.39, 0.29) is 47.9 Å². The number of esters is 1. The van der Waals surface area contributed by atoms with Gasteiger partial charge in [0.25, 0.3) is 0 Å². The fraction of sp³-hybridized carbons (Fsp3) is 0.864. The molecule has 6 heteroatoms. The summed E-state index contributed by atoms with van der Waals surface area (Å²) in [5.41, 5.74) is 0.827. The Labute approximate surface area is 168 Å². The van der Waals surface area contributed by atoms with Gasteiger partial charge in [0.05, 0.1) is 25.2 Å². The SMILES string of the molecule is CO[C@@H]1[C@H](OC(=O)CNC2CCC2)CC[C@]2(CO2)[C@H]1[C@]1(C)O[C@@H]1CC=C(C)C. The van der Waals surface area contributed by atoms with Gasteiger partial charge < -0.3 is 24.3 Å². The summed E-state index contributed by atoms with van der Waals surface area (Å²) >= 11 is 0. The number of carbonyl (C=O) groups is 1. The van der Waals surface area contributed by atoms with Crippen molar-refractivity contribution in [1.29, 1.82) is 0 Å². The average Bonchev–Trinajstić information content (AvgIpc) is 3.51. The molecule has 0 bridgehead atoms. The second kappa shape index (κ2) is 7.71. The van der Waals surface area contributed by atoms with Crippen LogP contribution in [0.25, 0.3) is 0 Å². The van der Waals surface area contributed by atoms with Crippen molar-refractivity contribution in [2.75, 3.05) is 20.3 Å². The number of epoxide rings is 2. The van der Waals surface area contributed by atoms with Crippen molar-refractivity contribution in [1.82, 2.24) is 5.32 Å². The van der Waals surface area contributed by atoms with Gasteiger partial charge >= 0.3 is 5.97 Å². The van der Waals surface area contributed by atoms with Gasteiger partial charge in [-0.1, -0.05) is 18.1 Å². The van der Waals surface area contributed by atoms with Crippen molar-refractivity contribution in [3.05, 3.63) is 11.6 Å². The summed E-state index contributed by atoms with van der Waals surface area (Å²) in [4.78, 5) is 12.4. The van der Waals surface area contributed by atoms with E-state index in [0.717, 1.165) is 38.7 Å². The lowest BCUT2D eigenvalue weighted by Gasteiger charge is -2.42. The molecule has 0 unspecified atom stereocenters. The first-order valence-electron chi connectivity index (χ1n) is 10.8. The number of allylic oxidation sites excluding steroid dienone is 1. The normalized spacial score (nSPS) is 42.0. The van der Waals surface area contributed by atoms with E-state index in [4.69, 9.17) is 18.9 Å². The molecule has 4 aliphatic rings. The van der Waals surface area contributed by atoms with Crippen molar-refractivity contribution in [2.24, 2.45) is 5.92 Å². The summed E-state index contributed by atoms with van der Waals surface area (Å²) in [6.45, 7) is 7.41. The standard InChI is InChI=1S/C22H35NO5/c1-14(2)8-9-17-21(3,28-17)20-19(25-4)16(10-11-22(20)13-26-22)27-18(24)12-23-15-6-5-7-15/h8,15-17,19-20,23H,5-7,9-13H2,1-4H3/t16-,17-,19-,20-,21-,22+/m1/s1. The zero-order valence-corrected chi connectivity index (χ0v) is 17.7. The predicted octanol–water partition coefficient (Wildman–Crippen LogP) is 2.75. The summed E-state index contributed by atoms with van der Waals surface area (Å²) in [5, 5.41) is 3.29. The minimum absolute atomic E-state index is 0.0757. The highest BCUT2D eigenvalue weighted by atomic mass is 16.6. The van der Waals surface area contributed by atoms with E-state index in [1.54, 1.807) is 7.11 Å². The minimum Gasteiger partial charge on any atom is -0.459 e. The zero-order valence-electron chi connectivity index (χ0n) is 17.7. The van der Waals surface area contributed by atoms with Crippen LogP contribution in [-0.2, 0) is 23.7 Å². The maximum Gasteiger partial charge on any atom is 0.320 e. The highest BCUT2D eigenvalue weighted by Crippen LogP contribution is 2.59. The molecule has 1 N–H and O–H groups in total. The third kappa shape index (κ3) is 3.89. The van der Waals surface area contributed by atoms with Crippen molar-refractivity contribution in [3.63, 3.8) is 0 Å². The number of methoxy groups -OCH3 is 1. The summed E-state index contributed by atoms with van der Waals surface area (Å²) < 4.78 is 23.9. The van der Waals surface area contributed by atoms with E-state index in [1.807, 2.05) is 0 Å². The largest absolute Gasteiger partial charge is 0.459 e. The molecule has 2 aliphatic heterocycles. The predicted molar refractivity (Wildman–Crippen MR) is 105 cm³/mol. The molecular weight excluding hydrogens is 358 g/mol. The Kier molecular flexibility index (Phi) is 5.60. The van der Waals surface area contributed by atoms with E-state index in [1.165, 1.54) is 12.0 Å². The van der Waals surface area contributed by atoms with Gasteiger partial charge in [0.15, 0.2) is 0 Å². The number of rotatable bonds is 8. The first-order valence-corrected chi connectivity index (χ1v) is 10.8. The van der Waals surface area contributed by atoms with E-state index in [9.17, 15) is 4.79 Å². The molecule has 0 aromatic carbocycles. The van der Waals surface area contributed by atoms with Gasteiger partial charge in [-0.25, -0.2) is 0 Å². The van der Waals surface area contributed by atoms with E-state index >= 15 is 0 Å². The van der Waals surface area contributed by atoms with Crippen molar-refractivity contribution in [3.8, 4) is 0 Å². The molecule has 158 valence electrons. The van der Waals surface area contributed by atoms with Crippen LogP contribution in [0.3, 0.4) is 0 Å². The van der Waals surface area contributed by atoms with Gasteiger partial charge in [-0.05, 0) is 52.9 Å². The van der Waals surface area contributed by atoms with E-state index in [0.29, 0.717) is 6.04 Å². The highest BCUT2D eigenvalue weighted by Gasteiger charge is 2.72. The molecular formula is C22H35NO5. The first-order chi connectivity index (χ1) is 13.4. The molecule has 0 radical (unpaired) electrons. The number of hydrogen-bond acceptors (Lipinski definition) is 6. The molecule has 2 saturated carbocycles. The lowest BCUT2D eigenvalue weighted by atomic mass is 9.68. The number of ether oxygens (including phenoxy) is 4. The van der Waals surface area contributed by atoms with Crippen LogP contribution in [0.1, 0.15) is 59.3 Å². The van der Waals surface area contributed by atoms with Crippen molar-refractivity contribution < 1.29 is 23.7 Å². The quantitative estimate of drug-likeness (QED) is 0.388. The summed E-state index contributed by atoms with van der Waals surface area (Å²) in [5.74, 6) is -0.111. The number of hydrogen-bond donors (Lipinski definition) is 1. The van der Waals surface area contributed by atoms with Crippen molar-refractivity contribution in [2.45, 2.75) is 94.9 Å². The minimum atomic E-state index is -0.293. The van der Waals surface area contributed by atoms with Crippen LogP contribution >= 0.6 is 0 Å². The second-order valence-electron chi connectivity index (χ2n) is 9.41. The lowest BCUT2D eigenvalue weighted by Crippen LogP contribution is -2.56. The van der Waals surface area contributed by atoms with Gasteiger partial charge in [0.2, 0.25) is 0 Å². The Hall–Kier alpha value is -0.950. The van der Waals surface area contributed by atoms with Crippen LogP contribution in [0.15, 0.2) is 11.6 Å². The molecule has 2 aliphatic carbocycles. The molecule has 6 nitrogen and oxygen atoms in total. The fourth-order valence-electron chi connectivity index (χ4n) is 5.12. The van der Waals surface area contributed by atoms with Crippen LogP contribution < -0.4 is 5.32 Å².